The highest BCUT2D eigenvalue weighted by atomic mass is 16.5. The Bertz CT molecular complexity index is 522. The third-order valence-corrected chi connectivity index (χ3v) is 3.37. The predicted octanol–water partition coefficient (Wildman–Crippen LogP) is 1.89. The standard InChI is InChI=1S/C14H17N3O2/c1-2-13-11(5-6-19-13)14(18)17-12-4-3-10(16)7-9(12)8-15/h3-4,7,11,13H,2,5-6,16H2,1H3,(H,17,18). The quantitative estimate of drug-likeness (QED) is 0.811. The molecule has 5 heteroatoms. The van der Waals surface area contributed by atoms with Crippen LogP contribution < -0.4 is 11.1 Å². The molecule has 5 nitrogen and oxygen atoms in total. The van der Waals surface area contributed by atoms with Crippen LogP contribution >= 0.6 is 0 Å². The molecule has 0 aliphatic carbocycles. The van der Waals surface area contributed by atoms with Crippen LogP contribution in [0.2, 0.25) is 0 Å². The lowest BCUT2D eigenvalue weighted by Crippen LogP contribution is -2.29. The van der Waals surface area contributed by atoms with Crippen LogP contribution in [0, 0.1) is 17.2 Å². The number of rotatable bonds is 3. The Balaban J connectivity index is 2.13. The molecular weight excluding hydrogens is 242 g/mol. The number of anilines is 2. The van der Waals surface area contributed by atoms with E-state index in [2.05, 4.69) is 5.32 Å². The lowest BCUT2D eigenvalue weighted by Gasteiger charge is -2.17. The fraction of sp³-hybridized carbons (Fsp3) is 0.429. The smallest absolute Gasteiger partial charge is 0.230 e. The summed E-state index contributed by atoms with van der Waals surface area (Å²) in [7, 11) is 0. The summed E-state index contributed by atoms with van der Waals surface area (Å²) < 4.78 is 5.50. The molecule has 1 fully saturated rings. The second kappa shape index (κ2) is 5.72. The minimum absolute atomic E-state index is 0.0284. The van der Waals surface area contributed by atoms with Gasteiger partial charge in [0.1, 0.15) is 6.07 Å². The minimum Gasteiger partial charge on any atom is -0.399 e. The maximum Gasteiger partial charge on any atom is 0.230 e. The van der Waals surface area contributed by atoms with Gasteiger partial charge in [0.05, 0.1) is 23.3 Å². The van der Waals surface area contributed by atoms with E-state index in [4.69, 9.17) is 15.7 Å². The molecule has 1 aliphatic heterocycles. The molecule has 19 heavy (non-hydrogen) atoms. The van der Waals surface area contributed by atoms with Crippen LogP contribution in [0.1, 0.15) is 25.3 Å². The maximum atomic E-state index is 12.2. The Morgan fingerprint density at radius 3 is 3.11 bits per heavy atom. The third-order valence-electron chi connectivity index (χ3n) is 3.37. The molecule has 0 saturated carbocycles. The molecule has 1 aliphatic rings. The molecule has 1 saturated heterocycles. The normalized spacial score (nSPS) is 21.9. The Morgan fingerprint density at radius 2 is 2.42 bits per heavy atom. The molecule has 0 aromatic heterocycles. The topological polar surface area (TPSA) is 88.1 Å². The fourth-order valence-corrected chi connectivity index (χ4v) is 2.34. The van der Waals surface area contributed by atoms with Crippen LogP contribution in [0.15, 0.2) is 18.2 Å². The zero-order valence-electron chi connectivity index (χ0n) is 10.8. The average molecular weight is 259 g/mol. The van der Waals surface area contributed by atoms with E-state index in [1.165, 1.54) is 0 Å². The first-order valence-electron chi connectivity index (χ1n) is 6.37. The summed E-state index contributed by atoms with van der Waals surface area (Å²) in [5, 5.41) is 11.8. The van der Waals surface area contributed by atoms with E-state index in [1.807, 2.05) is 13.0 Å². The van der Waals surface area contributed by atoms with Crippen molar-refractivity contribution in [3.63, 3.8) is 0 Å². The summed E-state index contributed by atoms with van der Waals surface area (Å²) in [4.78, 5) is 12.2. The maximum absolute atomic E-state index is 12.2. The van der Waals surface area contributed by atoms with Crippen molar-refractivity contribution in [1.29, 1.82) is 5.26 Å². The number of ether oxygens (including phenoxy) is 1. The first kappa shape index (κ1) is 13.4. The van der Waals surface area contributed by atoms with Gasteiger partial charge in [0, 0.05) is 12.3 Å². The SMILES string of the molecule is CCC1OCCC1C(=O)Nc1ccc(N)cc1C#N. The van der Waals surface area contributed by atoms with Crippen LogP contribution in [-0.2, 0) is 9.53 Å². The number of nitriles is 1. The summed E-state index contributed by atoms with van der Waals surface area (Å²) in [6.07, 6.45) is 1.51. The van der Waals surface area contributed by atoms with Crippen molar-refractivity contribution >= 4 is 17.3 Å². The second-order valence-electron chi connectivity index (χ2n) is 4.62. The molecule has 2 atom stereocenters. The van der Waals surface area contributed by atoms with Crippen molar-refractivity contribution in [2.75, 3.05) is 17.7 Å². The number of amides is 1. The van der Waals surface area contributed by atoms with E-state index in [1.54, 1.807) is 18.2 Å². The van der Waals surface area contributed by atoms with Crippen molar-refractivity contribution in [2.45, 2.75) is 25.9 Å². The highest BCUT2D eigenvalue weighted by Gasteiger charge is 2.32. The minimum atomic E-state index is -0.144. The van der Waals surface area contributed by atoms with Crippen molar-refractivity contribution < 1.29 is 9.53 Å². The Kier molecular flexibility index (Phi) is 4.03. The summed E-state index contributed by atoms with van der Waals surface area (Å²) in [5.41, 5.74) is 7.00. The lowest BCUT2D eigenvalue weighted by atomic mass is 9.98. The highest BCUT2D eigenvalue weighted by Crippen LogP contribution is 2.26. The molecule has 0 radical (unpaired) electrons. The molecule has 2 rings (SSSR count). The van der Waals surface area contributed by atoms with Gasteiger partial charge in [-0.25, -0.2) is 0 Å². The molecule has 1 amide bonds. The van der Waals surface area contributed by atoms with Gasteiger partial charge in [-0.1, -0.05) is 6.92 Å². The molecule has 0 bridgehead atoms. The van der Waals surface area contributed by atoms with Crippen molar-refractivity contribution in [3.8, 4) is 6.07 Å². The summed E-state index contributed by atoms with van der Waals surface area (Å²) in [5.74, 6) is -0.236. The average Bonchev–Trinajstić information content (AvgIpc) is 2.89. The molecule has 2 unspecified atom stereocenters. The molecule has 0 spiro atoms. The van der Waals surface area contributed by atoms with E-state index < -0.39 is 0 Å². The van der Waals surface area contributed by atoms with Gasteiger partial charge in [-0.3, -0.25) is 4.79 Å². The Morgan fingerprint density at radius 1 is 1.63 bits per heavy atom. The van der Waals surface area contributed by atoms with Crippen molar-refractivity contribution in [3.05, 3.63) is 23.8 Å². The number of nitrogen functional groups attached to an aromatic ring is 1. The van der Waals surface area contributed by atoms with Gasteiger partial charge in [0.25, 0.3) is 0 Å². The molecule has 1 heterocycles. The van der Waals surface area contributed by atoms with Crippen LogP contribution in [0.5, 0.6) is 0 Å². The van der Waals surface area contributed by atoms with E-state index >= 15 is 0 Å². The summed E-state index contributed by atoms with van der Waals surface area (Å²) >= 11 is 0. The van der Waals surface area contributed by atoms with Gasteiger partial charge < -0.3 is 15.8 Å². The number of nitrogens with two attached hydrogens (primary N) is 1. The van der Waals surface area contributed by atoms with E-state index in [-0.39, 0.29) is 17.9 Å². The van der Waals surface area contributed by atoms with Gasteiger partial charge in [-0.2, -0.15) is 5.26 Å². The molecule has 3 N–H and O–H groups in total. The fourth-order valence-electron chi connectivity index (χ4n) is 2.34. The number of nitrogens with zero attached hydrogens (tertiary/aromatic N) is 1. The molecule has 100 valence electrons. The Hall–Kier alpha value is -2.06. The van der Waals surface area contributed by atoms with Crippen LogP contribution in [0.3, 0.4) is 0 Å². The van der Waals surface area contributed by atoms with Gasteiger partial charge in [-0.15, -0.1) is 0 Å². The second-order valence-corrected chi connectivity index (χ2v) is 4.62. The van der Waals surface area contributed by atoms with Crippen LogP contribution in [-0.4, -0.2) is 18.6 Å². The van der Waals surface area contributed by atoms with Gasteiger partial charge in [-0.05, 0) is 31.0 Å². The molecule has 1 aromatic rings. The first-order valence-corrected chi connectivity index (χ1v) is 6.37. The predicted molar refractivity (Wildman–Crippen MR) is 72.3 cm³/mol. The number of nitrogens with one attached hydrogen (secondary N) is 1. The number of hydrogen-bond acceptors (Lipinski definition) is 4. The van der Waals surface area contributed by atoms with Crippen molar-refractivity contribution in [2.24, 2.45) is 5.92 Å². The van der Waals surface area contributed by atoms with E-state index in [9.17, 15) is 4.79 Å². The van der Waals surface area contributed by atoms with Crippen molar-refractivity contribution in [1.82, 2.24) is 0 Å². The number of carbonyl (C=O) groups is 1. The highest BCUT2D eigenvalue weighted by molar-refractivity contribution is 5.94. The van der Waals surface area contributed by atoms with Gasteiger partial charge in [0.2, 0.25) is 5.91 Å². The zero-order chi connectivity index (χ0) is 13.8. The number of benzene rings is 1. The van der Waals surface area contributed by atoms with E-state index in [0.29, 0.717) is 23.5 Å². The summed E-state index contributed by atoms with van der Waals surface area (Å²) in [6.45, 7) is 2.61. The molecule has 1 aromatic carbocycles. The number of carbonyl (C=O) groups excluding carboxylic acids is 1. The first-order chi connectivity index (χ1) is 9.15. The number of hydrogen-bond donors (Lipinski definition) is 2. The van der Waals surface area contributed by atoms with E-state index in [0.717, 1.165) is 12.8 Å². The summed E-state index contributed by atoms with van der Waals surface area (Å²) in [6, 6.07) is 6.91. The van der Waals surface area contributed by atoms with Crippen LogP contribution in [0.4, 0.5) is 11.4 Å². The monoisotopic (exact) mass is 259 g/mol. The van der Waals surface area contributed by atoms with Crippen LogP contribution in [0.25, 0.3) is 0 Å². The lowest BCUT2D eigenvalue weighted by molar-refractivity contribution is -0.121. The zero-order valence-corrected chi connectivity index (χ0v) is 10.8. The third kappa shape index (κ3) is 2.85. The largest absolute Gasteiger partial charge is 0.399 e. The molecular formula is C14H17N3O2. The van der Waals surface area contributed by atoms with Gasteiger partial charge >= 0.3 is 0 Å². The van der Waals surface area contributed by atoms with Gasteiger partial charge in [0.15, 0.2) is 0 Å². The Labute approximate surface area is 112 Å².